The quantitative estimate of drug-likeness (QED) is 0.147. The van der Waals surface area contributed by atoms with Gasteiger partial charge in [-0.15, -0.1) is 0 Å². The molecule has 71 heavy (non-hydrogen) atoms. The molecule has 334 valence electrons. The molecule has 0 aromatic heterocycles. The second kappa shape index (κ2) is 15.9. The lowest BCUT2D eigenvalue weighted by atomic mass is 9.67. The van der Waals surface area contributed by atoms with Gasteiger partial charge in [-0.1, -0.05) is 243 Å². The Kier molecular flexibility index (Phi) is 9.22. The van der Waals surface area contributed by atoms with Crippen LogP contribution < -0.4 is 4.90 Å². The van der Waals surface area contributed by atoms with Gasteiger partial charge in [0.2, 0.25) is 0 Å². The molecule has 3 aliphatic carbocycles. The fourth-order valence-corrected chi connectivity index (χ4v) is 13.3. The van der Waals surface area contributed by atoms with E-state index in [2.05, 4.69) is 291 Å². The van der Waals surface area contributed by atoms with Crippen molar-refractivity contribution in [1.82, 2.24) is 0 Å². The van der Waals surface area contributed by atoms with E-state index in [1.807, 2.05) is 0 Å². The van der Waals surface area contributed by atoms with Gasteiger partial charge in [-0.3, -0.25) is 0 Å². The normalized spacial score (nSPS) is 16.0. The van der Waals surface area contributed by atoms with Crippen molar-refractivity contribution in [2.24, 2.45) is 0 Å². The predicted octanol–water partition coefficient (Wildman–Crippen LogP) is 17.2. The number of benzene rings is 11. The van der Waals surface area contributed by atoms with Crippen LogP contribution >= 0.6 is 0 Å². The Morgan fingerprint density at radius 2 is 0.493 bits per heavy atom. The smallest absolute Gasteiger partial charge is 0.0714 e. The van der Waals surface area contributed by atoms with Gasteiger partial charge < -0.3 is 4.90 Å². The molecular formula is C70H49N. The van der Waals surface area contributed by atoms with E-state index < -0.39 is 10.8 Å². The van der Waals surface area contributed by atoms with Crippen LogP contribution in [0.3, 0.4) is 0 Å². The zero-order valence-electron chi connectivity index (χ0n) is 39.5. The second-order valence-electron chi connectivity index (χ2n) is 19.6. The number of nitrogens with zero attached hydrogens (tertiary/aromatic N) is 1. The molecule has 3 aliphatic rings. The minimum Gasteiger partial charge on any atom is -0.310 e. The van der Waals surface area contributed by atoms with E-state index >= 15 is 0 Å². The van der Waals surface area contributed by atoms with E-state index in [4.69, 9.17) is 0 Å². The summed E-state index contributed by atoms with van der Waals surface area (Å²) in [7, 11) is 0. The first-order chi connectivity index (χ1) is 35.1. The Morgan fingerprint density at radius 3 is 0.873 bits per heavy atom. The van der Waals surface area contributed by atoms with Crippen LogP contribution in [0.2, 0.25) is 0 Å². The van der Waals surface area contributed by atoms with Gasteiger partial charge in [-0.25, -0.2) is 0 Å². The summed E-state index contributed by atoms with van der Waals surface area (Å²) in [6, 6.07) is 105. The molecule has 1 nitrogen and oxygen atoms in total. The van der Waals surface area contributed by atoms with Crippen LogP contribution in [-0.2, 0) is 16.2 Å². The first-order valence-corrected chi connectivity index (χ1v) is 24.9. The van der Waals surface area contributed by atoms with Crippen LogP contribution in [0, 0.1) is 0 Å². The van der Waals surface area contributed by atoms with Gasteiger partial charge in [-0.05, 0) is 138 Å². The maximum absolute atomic E-state index is 2.54. The average molecular weight is 904 g/mol. The fourth-order valence-electron chi connectivity index (χ4n) is 13.3. The van der Waals surface area contributed by atoms with Crippen LogP contribution in [-0.4, -0.2) is 0 Å². The van der Waals surface area contributed by atoms with Gasteiger partial charge in [0.25, 0.3) is 0 Å². The summed E-state index contributed by atoms with van der Waals surface area (Å²) in [6.07, 6.45) is 0. The summed E-state index contributed by atoms with van der Waals surface area (Å²) in [6.45, 7) is 2.42. The van der Waals surface area contributed by atoms with Crippen molar-refractivity contribution in [3.8, 4) is 33.4 Å². The first kappa shape index (κ1) is 41.2. The molecule has 0 bridgehead atoms. The van der Waals surface area contributed by atoms with Crippen LogP contribution in [0.25, 0.3) is 33.4 Å². The molecule has 0 saturated heterocycles. The molecule has 1 heteroatoms. The van der Waals surface area contributed by atoms with Crippen LogP contribution in [0.5, 0.6) is 0 Å². The third-order valence-corrected chi connectivity index (χ3v) is 16.3. The van der Waals surface area contributed by atoms with Crippen molar-refractivity contribution < 1.29 is 0 Å². The molecular weight excluding hydrogens is 855 g/mol. The van der Waals surface area contributed by atoms with E-state index in [1.54, 1.807) is 0 Å². The van der Waals surface area contributed by atoms with Gasteiger partial charge in [0.1, 0.15) is 0 Å². The monoisotopic (exact) mass is 903 g/mol. The highest BCUT2D eigenvalue weighted by atomic mass is 15.1. The van der Waals surface area contributed by atoms with Crippen LogP contribution in [0.4, 0.5) is 17.1 Å². The lowest BCUT2D eigenvalue weighted by molar-refractivity contribution is 0.714. The molecule has 11 aromatic rings. The Bertz CT molecular complexity index is 3560. The number of fused-ring (bicyclic) bond motifs is 9. The highest BCUT2D eigenvalue weighted by Gasteiger charge is 2.48. The maximum atomic E-state index is 2.54. The SMILES string of the molecule is CC1(c2ccccc2)c2ccccc2-c2ccc(N(c3ccc4c(c3)C(c3ccccc3)(c3ccccc3)c3ccccc3-4)c3ccc4c(c3)C(c3ccccc3)(c3ccccc3)c3ccccc3-4)cc21. The van der Waals surface area contributed by atoms with E-state index in [0.29, 0.717) is 0 Å². The van der Waals surface area contributed by atoms with Crippen molar-refractivity contribution in [1.29, 1.82) is 0 Å². The number of hydrogen-bond acceptors (Lipinski definition) is 1. The molecule has 0 amide bonds. The summed E-state index contributed by atoms with van der Waals surface area (Å²) in [4.78, 5) is 2.54. The molecule has 0 spiro atoms. The molecule has 1 atom stereocenters. The third-order valence-electron chi connectivity index (χ3n) is 16.3. The predicted molar refractivity (Wildman–Crippen MR) is 293 cm³/mol. The molecule has 0 fully saturated rings. The highest BCUT2D eigenvalue weighted by Crippen LogP contribution is 2.60. The molecule has 14 rings (SSSR count). The molecule has 0 radical (unpaired) electrons. The maximum Gasteiger partial charge on any atom is 0.0714 e. The zero-order chi connectivity index (χ0) is 47.2. The largest absolute Gasteiger partial charge is 0.310 e. The van der Waals surface area contributed by atoms with E-state index in [-0.39, 0.29) is 5.41 Å². The van der Waals surface area contributed by atoms with Crippen molar-refractivity contribution >= 4 is 17.1 Å². The van der Waals surface area contributed by atoms with Crippen LogP contribution in [0.15, 0.2) is 279 Å². The molecule has 1 unspecified atom stereocenters. The zero-order valence-corrected chi connectivity index (χ0v) is 39.5. The summed E-state index contributed by atoms with van der Waals surface area (Å²) >= 11 is 0. The molecule has 0 saturated carbocycles. The summed E-state index contributed by atoms with van der Waals surface area (Å²) in [5.41, 5.74) is 23.5. The van der Waals surface area contributed by atoms with E-state index in [0.717, 1.165) is 17.1 Å². The highest BCUT2D eigenvalue weighted by molar-refractivity contribution is 5.93. The minimum atomic E-state index is -0.559. The Labute approximate surface area is 416 Å². The van der Waals surface area contributed by atoms with Crippen molar-refractivity contribution in [2.75, 3.05) is 4.90 Å². The van der Waals surface area contributed by atoms with Gasteiger partial charge >= 0.3 is 0 Å². The van der Waals surface area contributed by atoms with Gasteiger partial charge in [0, 0.05) is 22.5 Å². The standard InChI is InChI=1S/C70H49N/c1-68(48-23-7-2-8-24-48)62-36-20-17-33-56(62)59-42-39-53(45-65(59)68)71(54-40-43-60-57-34-18-21-37-63(57)69(66(60)46-54,49-25-9-3-10-26-49)50-27-11-4-12-28-50)55-41-44-61-58-35-19-22-38-64(58)70(67(61)47-55,51-29-13-5-14-30-51)52-31-15-6-16-32-52/h2-47H,1H3. The van der Waals surface area contributed by atoms with Crippen molar-refractivity contribution in [3.05, 3.63) is 340 Å². The minimum absolute atomic E-state index is 0.375. The number of rotatable bonds is 8. The summed E-state index contributed by atoms with van der Waals surface area (Å²) in [5.74, 6) is 0. The van der Waals surface area contributed by atoms with Crippen LogP contribution in [0.1, 0.15) is 68.1 Å². The molecule has 0 N–H and O–H groups in total. The van der Waals surface area contributed by atoms with Gasteiger partial charge in [0.05, 0.1) is 10.8 Å². The summed E-state index contributed by atoms with van der Waals surface area (Å²) in [5, 5.41) is 0. The molecule has 0 aliphatic heterocycles. The third kappa shape index (κ3) is 5.75. The second-order valence-corrected chi connectivity index (χ2v) is 19.6. The van der Waals surface area contributed by atoms with Gasteiger partial charge in [-0.2, -0.15) is 0 Å². The topological polar surface area (TPSA) is 3.24 Å². The Morgan fingerprint density at radius 1 is 0.225 bits per heavy atom. The Hall–Kier alpha value is -8.78. The van der Waals surface area contributed by atoms with E-state index in [9.17, 15) is 0 Å². The number of hydrogen-bond donors (Lipinski definition) is 0. The molecule has 0 heterocycles. The first-order valence-electron chi connectivity index (χ1n) is 24.9. The van der Waals surface area contributed by atoms with Crippen molar-refractivity contribution in [2.45, 2.75) is 23.2 Å². The lowest BCUT2D eigenvalue weighted by Gasteiger charge is -2.36. The summed E-state index contributed by atoms with van der Waals surface area (Å²) < 4.78 is 0. The lowest BCUT2D eigenvalue weighted by Crippen LogP contribution is -2.29. The van der Waals surface area contributed by atoms with Gasteiger partial charge in [0.15, 0.2) is 0 Å². The average Bonchev–Trinajstić information content (AvgIpc) is 4.02. The number of anilines is 3. The van der Waals surface area contributed by atoms with Crippen molar-refractivity contribution in [3.63, 3.8) is 0 Å². The van der Waals surface area contributed by atoms with E-state index in [1.165, 1.54) is 94.6 Å². The Balaban J connectivity index is 1.07. The molecule has 11 aromatic carbocycles. The fraction of sp³-hybridized carbons (Fsp3) is 0.0571.